The van der Waals surface area contributed by atoms with Crippen molar-refractivity contribution < 1.29 is 4.79 Å². The second kappa shape index (κ2) is 15.3. The van der Waals surface area contributed by atoms with Crippen LogP contribution in [-0.2, 0) is 4.79 Å². The Labute approximate surface area is 135 Å². The van der Waals surface area contributed by atoms with Gasteiger partial charge in [-0.1, -0.05) is 64.9 Å². The number of unbranched alkanes of at least 4 members (excludes halogenated alkanes) is 7. The van der Waals surface area contributed by atoms with Crippen LogP contribution >= 0.6 is 0 Å². The second-order valence-corrected chi connectivity index (χ2v) is 4.70. The van der Waals surface area contributed by atoms with E-state index in [4.69, 9.17) is 0 Å². The third-order valence-electron chi connectivity index (χ3n) is 2.93. The van der Waals surface area contributed by atoms with Crippen molar-refractivity contribution in [1.82, 2.24) is 5.32 Å². The van der Waals surface area contributed by atoms with E-state index in [2.05, 4.69) is 18.8 Å². The number of carbonyl (C=O) groups excluding carboxylic acids is 1. The van der Waals surface area contributed by atoms with Crippen LogP contribution in [-0.4, -0.2) is 35.5 Å². The Hall–Kier alpha value is 0.210. The van der Waals surface area contributed by atoms with Crippen LogP contribution < -0.4 is 5.32 Å². The summed E-state index contributed by atoms with van der Waals surface area (Å²) in [6.07, 6.45) is 12.9. The van der Waals surface area contributed by atoms with E-state index in [1.807, 2.05) is 6.92 Å². The summed E-state index contributed by atoms with van der Waals surface area (Å²) in [7, 11) is 0. The average Bonchev–Trinajstić information content (AvgIpc) is 2.32. The standard InChI is InChI=1S/C15H28NO.Na.H/c1-4-6-7-8-9-10-11-12-13-14(3)16-15(17)5-2;;/h5H,2,4,6-13H2,1,3H3,(H,16,17);;. The second-order valence-electron chi connectivity index (χ2n) is 4.70. The summed E-state index contributed by atoms with van der Waals surface area (Å²) >= 11 is 0. The summed E-state index contributed by atoms with van der Waals surface area (Å²) in [6, 6.07) is 1.06. The van der Waals surface area contributed by atoms with Gasteiger partial charge in [-0.05, 0) is 19.4 Å². The molecule has 0 bridgehead atoms. The maximum atomic E-state index is 11.0. The van der Waals surface area contributed by atoms with E-state index in [1.54, 1.807) is 0 Å². The van der Waals surface area contributed by atoms with Crippen LogP contribution in [0.2, 0.25) is 0 Å². The molecule has 0 aliphatic heterocycles. The summed E-state index contributed by atoms with van der Waals surface area (Å²) in [5.74, 6) is -0.0953. The van der Waals surface area contributed by atoms with Crippen molar-refractivity contribution in [1.29, 1.82) is 0 Å². The van der Waals surface area contributed by atoms with Gasteiger partial charge in [-0.25, -0.2) is 0 Å². The van der Waals surface area contributed by atoms with Crippen molar-refractivity contribution in [3.05, 3.63) is 18.7 Å². The predicted octanol–water partition coefficient (Wildman–Crippen LogP) is 3.72. The molecule has 1 N–H and O–H groups in total. The molecule has 101 valence electrons. The Morgan fingerprint density at radius 1 is 1.06 bits per heavy atom. The Balaban J connectivity index is 0. The molecule has 0 aliphatic carbocycles. The van der Waals surface area contributed by atoms with Crippen molar-refractivity contribution >= 4 is 35.5 Å². The van der Waals surface area contributed by atoms with Gasteiger partial charge in [0.15, 0.2) is 0 Å². The van der Waals surface area contributed by atoms with Crippen molar-refractivity contribution in [2.45, 2.75) is 71.6 Å². The molecule has 0 aromatic heterocycles. The van der Waals surface area contributed by atoms with Gasteiger partial charge in [0.2, 0.25) is 5.91 Å². The molecule has 1 amide bonds. The van der Waals surface area contributed by atoms with Crippen LogP contribution in [0.4, 0.5) is 0 Å². The molecule has 0 fully saturated rings. The van der Waals surface area contributed by atoms with Gasteiger partial charge in [0.05, 0.1) is 6.04 Å². The molecule has 0 aliphatic rings. The third kappa shape index (κ3) is 14.3. The van der Waals surface area contributed by atoms with Gasteiger partial charge < -0.3 is 5.32 Å². The number of rotatable bonds is 11. The van der Waals surface area contributed by atoms with Gasteiger partial charge in [-0.2, -0.15) is 0 Å². The van der Waals surface area contributed by atoms with Crippen LogP contribution in [0, 0.1) is 6.04 Å². The third-order valence-corrected chi connectivity index (χ3v) is 2.93. The first-order valence-electron chi connectivity index (χ1n) is 6.96. The summed E-state index contributed by atoms with van der Waals surface area (Å²) in [6.45, 7) is 7.65. The molecule has 0 unspecified atom stereocenters. The van der Waals surface area contributed by atoms with Gasteiger partial charge in [0.25, 0.3) is 0 Å². The first-order chi connectivity index (χ1) is 8.20. The van der Waals surface area contributed by atoms with E-state index >= 15 is 0 Å². The topological polar surface area (TPSA) is 29.1 Å². The first kappa shape index (κ1) is 20.5. The van der Waals surface area contributed by atoms with E-state index in [1.165, 1.54) is 57.4 Å². The van der Waals surface area contributed by atoms with Crippen LogP contribution in [0.5, 0.6) is 0 Å². The molecular weight excluding hydrogens is 233 g/mol. The summed E-state index contributed by atoms with van der Waals surface area (Å²) in [5, 5.41) is 2.81. The number of nitrogens with one attached hydrogen (secondary N) is 1. The van der Waals surface area contributed by atoms with Gasteiger partial charge in [-0.3, -0.25) is 4.79 Å². The molecule has 0 saturated carbocycles. The molecule has 0 aromatic rings. The fourth-order valence-corrected chi connectivity index (χ4v) is 1.85. The number of amides is 1. The molecule has 0 rings (SSSR count). The summed E-state index contributed by atoms with van der Waals surface area (Å²) < 4.78 is 0. The Kier molecular flexibility index (Phi) is 17.4. The average molecular weight is 262 g/mol. The van der Waals surface area contributed by atoms with Gasteiger partial charge in [0.1, 0.15) is 0 Å². The fraction of sp³-hybridized carbons (Fsp3) is 0.733. The van der Waals surface area contributed by atoms with Crippen molar-refractivity contribution in [3.63, 3.8) is 0 Å². The van der Waals surface area contributed by atoms with Crippen LogP contribution in [0.15, 0.2) is 12.7 Å². The summed E-state index contributed by atoms with van der Waals surface area (Å²) in [4.78, 5) is 11.0. The molecule has 0 heterocycles. The molecule has 0 aromatic carbocycles. The van der Waals surface area contributed by atoms with Gasteiger partial charge >= 0.3 is 29.6 Å². The molecule has 18 heavy (non-hydrogen) atoms. The fourth-order valence-electron chi connectivity index (χ4n) is 1.85. The molecule has 0 atom stereocenters. The minimum atomic E-state index is -0.0953. The van der Waals surface area contributed by atoms with Crippen molar-refractivity contribution in [2.75, 3.05) is 0 Å². The van der Waals surface area contributed by atoms with E-state index in [-0.39, 0.29) is 35.5 Å². The van der Waals surface area contributed by atoms with E-state index in [0.717, 1.165) is 12.5 Å². The zero-order chi connectivity index (χ0) is 12.9. The molecule has 3 heteroatoms. The van der Waals surface area contributed by atoms with Crippen molar-refractivity contribution in [2.24, 2.45) is 0 Å². The van der Waals surface area contributed by atoms with E-state index < -0.39 is 0 Å². The SMILES string of the molecule is C=CC(=O)N[C](C)CCCCCCCCCC.[NaH]. The Bertz CT molecular complexity index is 207. The van der Waals surface area contributed by atoms with E-state index in [9.17, 15) is 4.79 Å². The van der Waals surface area contributed by atoms with Gasteiger partial charge in [0, 0.05) is 0 Å². The molecule has 0 saturated heterocycles. The zero-order valence-electron chi connectivity index (χ0n) is 11.6. The van der Waals surface area contributed by atoms with E-state index in [0.29, 0.717) is 0 Å². The minimum absolute atomic E-state index is 0. The quantitative estimate of drug-likeness (QED) is 0.343. The Morgan fingerprint density at radius 3 is 2.06 bits per heavy atom. The monoisotopic (exact) mass is 262 g/mol. The van der Waals surface area contributed by atoms with Crippen LogP contribution in [0.25, 0.3) is 0 Å². The predicted molar refractivity (Wildman–Crippen MR) is 81.6 cm³/mol. The molecular formula is C15H29NNaO. The van der Waals surface area contributed by atoms with Crippen LogP contribution in [0.1, 0.15) is 71.6 Å². The first-order valence-corrected chi connectivity index (χ1v) is 6.96. The number of carbonyl (C=O) groups is 1. The number of hydrogen-bond donors (Lipinski definition) is 1. The molecule has 1 radical (unpaired) electrons. The van der Waals surface area contributed by atoms with Crippen molar-refractivity contribution in [3.8, 4) is 0 Å². The van der Waals surface area contributed by atoms with Crippen LogP contribution in [0.3, 0.4) is 0 Å². The Morgan fingerprint density at radius 2 is 1.56 bits per heavy atom. The summed E-state index contributed by atoms with van der Waals surface area (Å²) in [5.41, 5.74) is 0. The zero-order valence-corrected chi connectivity index (χ0v) is 11.6. The number of hydrogen-bond acceptors (Lipinski definition) is 1. The molecule has 0 spiro atoms. The van der Waals surface area contributed by atoms with Gasteiger partial charge in [-0.15, -0.1) is 0 Å². The normalized spacial score (nSPS) is 9.94. The molecule has 2 nitrogen and oxygen atoms in total. The maximum absolute atomic E-state index is 11.0.